The van der Waals surface area contributed by atoms with Crippen molar-refractivity contribution >= 4 is 18.5 Å². The number of thiol groups is 1. The molecular weight excluding hydrogens is 222 g/mol. The molecule has 0 aliphatic rings. The molecule has 0 spiro atoms. The fourth-order valence-corrected chi connectivity index (χ4v) is 1.77. The number of hydrogen-bond donors (Lipinski definition) is 2. The highest BCUT2D eigenvalue weighted by molar-refractivity contribution is 7.80. The van der Waals surface area contributed by atoms with Gasteiger partial charge in [-0.05, 0) is 26.0 Å². The lowest BCUT2D eigenvalue weighted by atomic mass is 10.1. The minimum Gasteiger partial charge on any atom is -0.389 e. The topological polar surface area (TPSA) is 40.5 Å². The van der Waals surface area contributed by atoms with Gasteiger partial charge in [-0.3, -0.25) is 4.79 Å². The van der Waals surface area contributed by atoms with Crippen LogP contribution in [0.3, 0.4) is 0 Å². The lowest BCUT2D eigenvalue weighted by Gasteiger charge is -2.25. The van der Waals surface area contributed by atoms with Gasteiger partial charge < -0.3 is 10.0 Å². The minimum atomic E-state index is -0.893. The third-order valence-electron chi connectivity index (χ3n) is 2.11. The van der Waals surface area contributed by atoms with Gasteiger partial charge >= 0.3 is 0 Å². The molecule has 88 valence electrons. The molecule has 0 aromatic heterocycles. The molecule has 1 rings (SSSR count). The molecule has 16 heavy (non-hydrogen) atoms. The van der Waals surface area contributed by atoms with Gasteiger partial charge in [0.1, 0.15) is 0 Å². The van der Waals surface area contributed by atoms with Gasteiger partial charge in [-0.15, -0.1) is 12.6 Å². The standard InChI is InChI=1S/C12H17NO2S/c1-12(2,15)8-13(3)11(14)9-6-4-5-7-10(9)16/h4-7,15-16H,8H2,1-3H3. The van der Waals surface area contributed by atoms with Crippen molar-refractivity contribution in [2.24, 2.45) is 0 Å². The molecule has 0 atom stereocenters. The van der Waals surface area contributed by atoms with Crippen molar-refractivity contribution in [2.75, 3.05) is 13.6 Å². The average molecular weight is 239 g/mol. The number of nitrogens with zero attached hydrogens (tertiary/aromatic N) is 1. The van der Waals surface area contributed by atoms with Crippen molar-refractivity contribution in [1.82, 2.24) is 4.90 Å². The van der Waals surface area contributed by atoms with E-state index in [2.05, 4.69) is 12.6 Å². The normalized spacial score (nSPS) is 11.3. The van der Waals surface area contributed by atoms with Crippen LogP contribution >= 0.6 is 12.6 Å². The van der Waals surface area contributed by atoms with Crippen LogP contribution in [0.15, 0.2) is 29.2 Å². The Kier molecular flexibility index (Phi) is 3.99. The maximum atomic E-state index is 12.0. The average Bonchev–Trinajstić information content (AvgIpc) is 2.15. The third-order valence-corrected chi connectivity index (χ3v) is 2.50. The highest BCUT2D eigenvalue weighted by Gasteiger charge is 2.21. The molecule has 0 aliphatic heterocycles. The lowest BCUT2D eigenvalue weighted by molar-refractivity contribution is 0.0366. The fraction of sp³-hybridized carbons (Fsp3) is 0.417. The first-order chi connectivity index (χ1) is 7.31. The van der Waals surface area contributed by atoms with Crippen LogP contribution in [0.1, 0.15) is 24.2 Å². The molecule has 0 saturated carbocycles. The molecule has 1 aromatic rings. The van der Waals surface area contributed by atoms with E-state index >= 15 is 0 Å². The highest BCUT2D eigenvalue weighted by atomic mass is 32.1. The second-order valence-electron chi connectivity index (χ2n) is 4.49. The Bertz CT molecular complexity index is 385. The van der Waals surface area contributed by atoms with Gasteiger partial charge in [-0.1, -0.05) is 12.1 Å². The second kappa shape index (κ2) is 4.89. The Morgan fingerprint density at radius 1 is 1.44 bits per heavy atom. The van der Waals surface area contributed by atoms with Crippen LogP contribution in [0, 0.1) is 0 Å². The van der Waals surface area contributed by atoms with Crippen LogP contribution in [0.5, 0.6) is 0 Å². The largest absolute Gasteiger partial charge is 0.389 e. The zero-order chi connectivity index (χ0) is 12.3. The van der Waals surface area contributed by atoms with E-state index in [-0.39, 0.29) is 12.5 Å². The van der Waals surface area contributed by atoms with E-state index in [4.69, 9.17) is 0 Å². The van der Waals surface area contributed by atoms with Crippen LogP contribution in [0.25, 0.3) is 0 Å². The molecule has 0 radical (unpaired) electrons. The van der Waals surface area contributed by atoms with Gasteiger partial charge in [0.2, 0.25) is 0 Å². The van der Waals surface area contributed by atoms with Crippen molar-refractivity contribution in [3.63, 3.8) is 0 Å². The summed E-state index contributed by atoms with van der Waals surface area (Å²) in [5.74, 6) is -0.132. The smallest absolute Gasteiger partial charge is 0.254 e. The first-order valence-corrected chi connectivity index (χ1v) is 5.52. The van der Waals surface area contributed by atoms with E-state index in [9.17, 15) is 9.90 Å². The zero-order valence-corrected chi connectivity index (χ0v) is 10.7. The van der Waals surface area contributed by atoms with E-state index in [0.717, 1.165) is 0 Å². The summed E-state index contributed by atoms with van der Waals surface area (Å²) in [6.07, 6.45) is 0. The highest BCUT2D eigenvalue weighted by Crippen LogP contribution is 2.15. The van der Waals surface area contributed by atoms with E-state index in [0.29, 0.717) is 10.5 Å². The molecule has 4 heteroatoms. The van der Waals surface area contributed by atoms with Gasteiger partial charge in [0.25, 0.3) is 5.91 Å². The Balaban J connectivity index is 2.83. The maximum absolute atomic E-state index is 12.0. The number of rotatable bonds is 3. The summed E-state index contributed by atoms with van der Waals surface area (Å²) in [5, 5.41) is 9.64. The maximum Gasteiger partial charge on any atom is 0.254 e. The summed E-state index contributed by atoms with van der Waals surface area (Å²) in [6, 6.07) is 7.12. The Labute approximate surface area is 101 Å². The van der Waals surface area contributed by atoms with E-state index < -0.39 is 5.60 Å². The minimum absolute atomic E-state index is 0.132. The van der Waals surface area contributed by atoms with Crippen LogP contribution in [-0.4, -0.2) is 35.1 Å². The number of benzene rings is 1. The van der Waals surface area contributed by atoms with Crippen LogP contribution in [0.4, 0.5) is 0 Å². The Morgan fingerprint density at radius 2 is 2.00 bits per heavy atom. The molecular formula is C12H17NO2S. The monoisotopic (exact) mass is 239 g/mol. The summed E-state index contributed by atoms with van der Waals surface area (Å²) >= 11 is 4.23. The predicted octanol–water partition coefficient (Wildman–Crippen LogP) is 1.82. The fourth-order valence-electron chi connectivity index (χ4n) is 1.51. The summed E-state index contributed by atoms with van der Waals surface area (Å²) in [6.45, 7) is 3.63. The molecule has 1 N–H and O–H groups in total. The lowest BCUT2D eigenvalue weighted by Crippen LogP contribution is -2.39. The molecule has 0 fully saturated rings. The van der Waals surface area contributed by atoms with Gasteiger partial charge in [0, 0.05) is 18.5 Å². The molecule has 3 nitrogen and oxygen atoms in total. The number of carbonyl (C=O) groups is 1. The predicted molar refractivity (Wildman–Crippen MR) is 67.0 cm³/mol. The number of likely N-dealkylation sites (N-methyl/N-ethyl adjacent to an activating group) is 1. The van der Waals surface area contributed by atoms with Crippen LogP contribution in [0.2, 0.25) is 0 Å². The first kappa shape index (κ1) is 13.1. The van der Waals surface area contributed by atoms with Crippen molar-refractivity contribution in [3.05, 3.63) is 29.8 Å². The van der Waals surface area contributed by atoms with Crippen molar-refractivity contribution < 1.29 is 9.90 Å². The molecule has 1 amide bonds. The summed E-state index contributed by atoms with van der Waals surface area (Å²) < 4.78 is 0. The first-order valence-electron chi connectivity index (χ1n) is 5.07. The van der Waals surface area contributed by atoms with Gasteiger partial charge in [0.05, 0.1) is 11.2 Å². The van der Waals surface area contributed by atoms with Crippen molar-refractivity contribution in [2.45, 2.75) is 24.3 Å². The Hall–Kier alpha value is -1.00. The molecule has 0 bridgehead atoms. The van der Waals surface area contributed by atoms with Crippen molar-refractivity contribution in [1.29, 1.82) is 0 Å². The van der Waals surface area contributed by atoms with Crippen molar-refractivity contribution in [3.8, 4) is 0 Å². The van der Waals surface area contributed by atoms with E-state index in [1.165, 1.54) is 4.90 Å². The number of hydrogen-bond acceptors (Lipinski definition) is 3. The van der Waals surface area contributed by atoms with Crippen LogP contribution in [-0.2, 0) is 0 Å². The number of aliphatic hydroxyl groups is 1. The van der Waals surface area contributed by atoms with Crippen LogP contribution < -0.4 is 0 Å². The molecule has 0 unspecified atom stereocenters. The Morgan fingerprint density at radius 3 is 2.50 bits per heavy atom. The molecule has 1 aromatic carbocycles. The van der Waals surface area contributed by atoms with Gasteiger partial charge in [0.15, 0.2) is 0 Å². The number of carbonyl (C=O) groups excluding carboxylic acids is 1. The SMILES string of the molecule is CN(CC(C)(C)O)C(=O)c1ccccc1S. The molecule has 0 saturated heterocycles. The number of amides is 1. The summed E-state index contributed by atoms with van der Waals surface area (Å²) in [7, 11) is 1.67. The third kappa shape index (κ3) is 3.54. The van der Waals surface area contributed by atoms with Gasteiger partial charge in [-0.25, -0.2) is 0 Å². The van der Waals surface area contributed by atoms with Gasteiger partial charge in [-0.2, -0.15) is 0 Å². The zero-order valence-electron chi connectivity index (χ0n) is 9.77. The second-order valence-corrected chi connectivity index (χ2v) is 4.97. The quantitative estimate of drug-likeness (QED) is 0.790. The van der Waals surface area contributed by atoms with E-state index in [1.807, 2.05) is 6.07 Å². The summed E-state index contributed by atoms with van der Waals surface area (Å²) in [5.41, 5.74) is -0.340. The van der Waals surface area contributed by atoms with E-state index in [1.54, 1.807) is 39.1 Å². The molecule has 0 heterocycles. The molecule has 0 aliphatic carbocycles. The summed E-state index contributed by atoms with van der Waals surface area (Å²) in [4.78, 5) is 14.2.